The molecule has 5 heteroatoms. The maximum Gasteiger partial charge on any atom is 0.203 e. The highest BCUT2D eigenvalue weighted by Gasteiger charge is 2.79. The van der Waals surface area contributed by atoms with Crippen molar-refractivity contribution in [2.75, 3.05) is 13.7 Å². The zero-order valence-electron chi connectivity index (χ0n) is 9.49. The van der Waals surface area contributed by atoms with Gasteiger partial charge in [-0.1, -0.05) is 0 Å². The van der Waals surface area contributed by atoms with E-state index in [9.17, 15) is 4.79 Å². The van der Waals surface area contributed by atoms with E-state index < -0.39 is 23.0 Å². The molecule has 0 bridgehead atoms. The standard InChI is InChI=1S/C10H17NO4/c1-8(2)6(12)10(7(11)14-10)9(3,15-8)5-13-4/h7H,5,11H2,1-4H3. The molecule has 2 heterocycles. The van der Waals surface area contributed by atoms with Crippen LogP contribution in [-0.2, 0) is 19.0 Å². The summed E-state index contributed by atoms with van der Waals surface area (Å²) in [6.45, 7) is 5.55. The number of epoxide rings is 1. The summed E-state index contributed by atoms with van der Waals surface area (Å²) >= 11 is 0. The van der Waals surface area contributed by atoms with Crippen LogP contribution in [0, 0.1) is 0 Å². The minimum absolute atomic E-state index is 0.0953. The number of hydrogen-bond acceptors (Lipinski definition) is 5. The van der Waals surface area contributed by atoms with Crippen molar-refractivity contribution in [3.8, 4) is 0 Å². The van der Waals surface area contributed by atoms with Crippen LogP contribution in [0.25, 0.3) is 0 Å². The van der Waals surface area contributed by atoms with Crippen LogP contribution < -0.4 is 5.73 Å². The Morgan fingerprint density at radius 1 is 1.47 bits per heavy atom. The first-order valence-corrected chi connectivity index (χ1v) is 4.97. The Hall–Kier alpha value is -0.490. The Balaban J connectivity index is 2.38. The highest BCUT2D eigenvalue weighted by Crippen LogP contribution is 2.54. The van der Waals surface area contributed by atoms with E-state index in [1.807, 2.05) is 0 Å². The second-order valence-electron chi connectivity index (χ2n) is 4.88. The summed E-state index contributed by atoms with van der Waals surface area (Å²) in [5.74, 6) is -0.0953. The molecule has 2 saturated heterocycles. The molecule has 0 aliphatic carbocycles. The zero-order chi connectivity index (χ0) is 11.5. The molecule has 5 nitrogen and oxygen atoms in total. The van der Waals surface area contributed by atoms with Crippen LogP contribution in [-0.4, -0.2) is 42.5 Å². The molecule has 2 fully saturated rings. The second kappa shape index (κ2) is 2.79. The summed E-state index contributed by atoms with van der Waals surface area (Å²) in [7, 11) is 1.56. The van der Waals surface area contributed by atoms with Gasteiger partial charge in [-0.3, -0.25) is 4.79 Å². The lowest BCUT2D eigenvalue weighted by Gasteiger charge is -2.27. The predicted molar refractivity (Wildman–Crippen MR) is 52.2 cm³/mol. The van der Waals surface area contributed by atoms with Crippen LogP contribution in [0.2, 0.25) is 0 Å². The van der Waals surface area contributed by atoms with Crippen molar-refractivity contribution in [1.82, 2.24) is 0 Å². The van der Waals surface area contributed by atoms with Crippen LogP contribution >= 0.6 is 0 Å². The van der Waals surface area contributed by atoms with E-state index in [0.29, 0.717) is 0 Å². The lowest BCUT2D eigenvalue weighted by atomic mass is 9.84. The van der Waals surface area contributed by atoms with Crippen LogP contribution in [0.5, 0.6) is 0 Å². The van der Waals surface area contributed by atoms with Gasteiger partial charge < -0.3 is 19.9 Å². The number of nitrogens with two attached hydrogens (primary N) is 1. The number of carbonyl (C=O) groups excluding carboxylic acids is 1. The maximum absolute atomic E-state index is 12.1. The Kier molecular flexibility index (Phi) is 2.05. The summed E-state index contributed by atoms with van der Waals surface area (Å²) in [5.41, 5.74) is 3.04. The molecule has 86 valence electrons. The zero-order valence-corrected chi connectivity index (χ0v) is 9.49. The van der Waals surface area contributed by atoms with Gasteiger partial charge in [-0.25, -0.2) is 0 Å². The lowest BCUT2D eigenvalue weighted by molar-refractivity contribution is -0.137. The third-order valence-corrected chi connectivity index (χ3v) is 3.23. The molecular weight excluding hydrogens is 198 g/mol. The minimum Gasteiger partial charge on any atom is -0.382 e. The SMILES string of the molecule is COCC1(C)OC(C)(C)C(=O)C12OC2N. The highest BCUT2D eigenvalue weighted by molar-refractivity contribution is 6.00. The normalized spacial score (nSPS) is 47.5. The van der Waals surface area contributed by atoms with Gasteiger partial charge in [0.25, 0.3) is 0 Å². The van der Waals surface area contributed by atoms with Gasteiger partial charge in [-0.15, -0.1) is 0 Å². The van der Waals surface area contributed by atoms with Crippen molar-refractivity contribution < 1.29 is 19.0 Å². The molecule has 0 amide bonds. The topological polar surface area (TPSA) is 74.1 Å². The first-order chi connectivity index (χ1) is 6.80. The number of carbonyl (C=O) groups is 1. The van der Waals surface area contributed by atoms with Crippen molar-refractivity contribution in [3.05, 3.63) is 0 Å². The predicted octanol–water partition coefficient (Wildman–Crippen LogP) is -0.177. The summed E-state index contributed by atoms with van der Waals surface area (Å²) in [5, 5.41) is 0. The van der Waals surface area contributed by atoms with Gasteiger partial charge in [0.1, 0.15) is 17.4 Å². The van der Waals surface area contributed by atoms with Gasteiger partial charge in [0.15, 0.2) is 0 Å². The Bertz CT molecular complexity index is 317. The van der Waals surface area contributed by atoms with Gasteiger partial charge in [-0.05, 0) is 20.8 Å². The number of ether oxygens (including phenoxy) is 3. The smallest absolute Gasteiger partial charge is 0.203 e. The molecule has 0 aromatic carbocycles. The molecule has 15 heavy (non-hydrogen) atoms. The molecule has 1 spiro atoms. The van der Waals surface area contributed by atoms with E-state index in [0.717, 1.165) is 0 Å². The Morgan fingerprint density at radius 2 is 2.00 bits per heavy atom. The number of Topliss-reactive ketones (excluding diaryl/α,β-unsaturated/α-hetero) is 1. The van der Waals surface area contributed by atoms with Crippen LogP contribution in [0.3, 0.4) is 0 Å². The van der Waals surface area contributed by atoms with Gasteiger partial charge in [0, 0.05) is 7.11 Å². The Morgan fingerprint density at radius 3 is 2.40 bits per heavy atom. The van der Waals surface area contributed by atoms with E-state index in [4.69, 9.17) is 19.9 Å². The number of rotatable bonds is 2. The summed E-state index contributed by atoms with van der Waals surface area (Å²) < 4.78 is 16.1. The first-order valence-electron chi connectivity index (χ1n) is 4.97. The summed E-state index contributed by atoms with van der Waals surface area (Å²) in [4.78, 5) is 12.1. The van der Waals surface area contributed by atoms with E-state index in [1.54, 1.807) is 27.9 Å². The van der Waals surface area contributed by atoms with Crippen molar-refractivity contribution in [2.45, 2.75) is 43.8 Å². The van der Waals surface area contributed by atoms with Crippen LogP contribution in [0.4, 0.5) is 0 Å². The summed E-state index contributed by atoms with van der Waals surface area (Å²) in [6.07, 6.45) is -0.577. The molecule has 2 aliphatic heterocycles. The highest BCUT2D eigenvalue weighted by atomic mass is 16.7. The van der Waals surface area contributed by atoms with E-state index in [2.05, 4.69) is 0 Å². The average Bonchev–Trinajstić information content (AvgIpc) is 2.73. The monoisotopic (exact) mass is 215 g/mol. The van der Waals surface area contributed by atoms with Gasteiger partial charge >= 0.3 is 0 Å². The first kappa shape index (κ1) is 11.0. The van der Waals surface area contributed by atoms with Gasteiger partial charge in [0.2, 0.25) is 11.4 Å². The van der Waals surface area contributed by atoms with Crippen molar-refractivity contribution >= 4 is 5.78 Å². The van der Waals surface area contributed by atoms with E-state index in [1.165, 1.54) is 0 Å². The third kappa shape index (κ3) is 1.15. The fraction of sp³-hybridized carbons (Fsp3) is 0.900. The van der Waals surface area contributed by atoms with Crippen LogP contribution in [0.1, 0.15) is 20.8 Å². The molecule has 3 atom stereocenters. The Labute approximate surface area is 88.9 Å². The lowest BCUT2D eigenvalue weighted by Crippen LogP contribution is -2.49. The molecule has 2 N–H and O–H groups in total. The molecular formula is C10H17NO4. The molecule has 0 saturated carbocycles. The largest absolute Gasteiger partial charge is 0.382 e. The second-order valence-corrected chi connectivity index (χ2v) is 4.88. The number of hydrogen-bond donors (Lipinski definition) is 1. The van der Waals surface area contributed by atoms with E-state index >= 15 is 0 Å². The van der Waals surface area contributed by atoms with Crippen molar-refractivity contribution in [2.24, 2.45) is 5.73 Å². The number of methoxy groups -OCH3 is 1. The van der Waals surface area contributed by atoms with Crippen LogP contribution in [0.15, 0.2) is 0 Å². The van der Waals surface area contributed by atoms with Crippen molar-refractivity contribution in [1.29, 1.82) is 0 Å². The van der Waals surface area contributed by atoms with E-state index in [-0.39, 0.29) is 12.4 Å². The van der Waals surface area contributed by atoms with Gasteiger partial charge in [0.05, 0.1) is 6.61 Å². The number of ketones is 1. The molecule has 0 radical (unpaired) electrons. The third-order valence-electron chi connectivity index (χ3n) is 3.23. The molecule has 0 aromatic heterocycles. The fourth-order valence-corrected chi connectivity index (χ4v) is 2.56. The fourth-order valence-electron chi connectivity index (χ4n) is 2.56. The molecule has 0 aromatic rings. The molecule has 2 aliphatic rings. The minimum atomic E-state index is -1.01. The quantitative estimate of drug-likeness (QED) is 0.647. The average molecular weight is 215 g/mol. The molecule has 3 unspecified atom stereocenters. The van der Waals surface area contributed by atoms with Gasteiger partial charge in [-0.2, -0.15) is 0 Å². The maximum atomic E-state index is 12.1. The summed E-state index contributed by atoms with van der Waals surface area (Å²) in [6, 6.07) is 0. The van der Waals surface area contributed by atoms with Crippen molar-refractivity contribution in [3.63, 3.8) is 0 Å². The molecule has 2 rings (SSSR count).